The first-order chi connectivity index (χ1) is 7.83. The van der Waals surface area contributed by atoms with Crippen LogP contribution < -0.4 is 0 Å². The van der Waals surface area contributed by atoms with E-state index in [0.29, 0.717) is 0 Å². The lowest BCUT2D eigenvalue weighted by Crippen LogP contribution is -2.47. The molecule has 17 heavy (non-hydrogen) atoms. The van der Waals surface area contributed by atoms with Gasteiger partial charge in [0.1, 0.15) is 0 Å². The van der Waals surface area contributed by atoms with Gasteiger partial charge in [-0.05, 0) is 42.4 Å². The second kappa shape index (κ2) is 4.27. The van der Waals surface area contributed by atoms with Crippen LogP contribution in [0.1, 0.15) is 53.4 Å². The molecule has 0 aromatic heterocycles. The summed E-state index contributed by atoms with van der Waals surface area (Å²) in [5.74, 6) is 0.594. The normalized spacial score (nSPS) is 39.1. The minimum Gasteiger partial charge on any atom is -0.439 e. The average Bonchev–Trinajstić information content (AvgIpc) is 2.49. The van der Waals surface area contributed by atoms with Crippen LogP contribution in [0.25, 0.3) is 0 Å². The van der Waals surface area contributed by atoms with E-state index >= 15 is 0 Å². The van der Waals surface area contributed by atoms with Gasteiger partial charge in [-0.25, -0.2) is 0 Å². The fourth-order valence-corrected chi connectivity index (χ4v) is 4.22. The molecule has 3 unspecified atom stereocenters. The maximum atomic E-state index is 10.8. The molecular formula is C14H24O3. The van der Waals surface area contributed by atoms with Crippen molar-refractivity contribution in [2.45, 2.75) is 59.5 Å². The van der Waals surface area contributed by atoms with E-state index in [2.05, 4.69) is 20.8 Å². The molecule has 98 valence electrons. The Morgan fingerprint density at radius 2 is 2.00 bits per heavy atom. The van der Waals surface area contributed by atoms with Crippen molar-refractivity contribution in [2.75, 3.05) is 6.79 Å². The van der Waals surface area contributed by atoms with E-state index in [-0.39, 0.29) is 29.7 Å². The van der Waals surface area contributed by atoms with Crippen molar-refractivity contribution < 1.29 is 14.3 Å². The SMILES string of the molecule is CC(=O)OCOC1C(C)(C)CC2CCC1(C)C2. The highest BCUT2D eigenvalue weighted by molar-refractivity contribution is 5.65. The molecule has 2 bridgehead atoms. The molecule has 0 saturated heterocycles. The first-order valence-electron chi connectivity index (χ1n) is 6.58. The Kier molecular flexibility index (Phi) is 3.23. The molecule has 0 aromatic carbocycles. The second-order valence-electron chi connectivity index (χ2n) is 6.76. The van der Waals surface area contributed by atoms with E-state index in [1.54, 1.807) is 0 Å². The summed E-state index contributed by atoms with van der Waals surface area (Å²) in [6, 6.07) is 0. The fraction of sp³-hybridized carbons (Fsp3) is 0.929. The first-order valence-corrected chi connectivity index (χ1v) is 6.58. The molecule has 2 fully saturated rings. The monoisotopic (exact) mass is 240 g/mol. The highest BCUT2D eigenvalue weighted by atomic mass is 16.7. The highest BCUT2D eigenvalue weighted by Crippen LogP contribution is 2.58. The van der Waals surface area contributed by atoms with Gasteiger partial charge in [0.05, 0.1) is 6.10 Å². The van der Waals surface area contributed by atoms with Crippen LogP contribution in [0.2, 0.25) is 0 Å². The smallest absolute Gasteiger partial charge is 0.304 e. The number of hydrogen-bond donors (Lipinski definition) is 0. The standard InChI is InChI=1S/C14H24O3/c1-10(15)16-9-17-12-13(2,3)7-11-5-6-14(12,4)8-11/h11-12H,5-9H2,1-4H3. The Morgan fingerprint density at radius 1 is 1.29 bits per heavy atom. The van der Waals surface area contributed by atoms with Crippen molar-refractivity contribution in [2.24, 2.45) is 16.7 Å². The summed E-state index contributed by atoms with van der Waals surface area (Å²) in [5, 5.41) is 0. The molecule has 0 N–H and O–H groups in total. The van der Waals surface area contributed by atoms with E-state index in [9.17, 15) is 4.79 Å². The zero-order chi connectivity index (χ0) is 12.7. The van der Waals surface area contributed by atoms with Crippen molar-refractivity contribution in [1.82, 2.24) is 0 Å². The Balaban J connectivity index is 2.03. The number of esters is 1. The zero-order valence-corrected chi connectivity index (χ0v) is 11.4. The number of hydrogen-bond acceptors (Lipinski definition) is 3. The molecule has 0 aliphatic heterocycles. The molecule has 0 heterocycles. The van der Waals surface area contributed by atoms with Crippen LogP contribution in [0.5, 0.6) is 0 Å². The van der Waals surface area contributed by atoms with Crippen LogP contribution in [0, 0.1) is 16.7 Å². The lowest BCUT2D eigenvalue weighted by Gasteiger charge is -2.48. The summed E-state index contributed by atoms with van der Waals surface area (Å²) in [6.45, 7) is 8.40. The van der Waals surface area contributed by atoms with Gasteiger partial charge in [-0.15, -0.1) is 0 Å². The largest absolute Gasteiger partial charge is 0.439 e. The molecule has 0 radical (unpaired) electrons. The lowest BCUT2D eigenvalue weighted by atomic mass is 9.62. The molecule has 2 saturated carbocycles. The van der Waals surface area contributed by atoms with Gasteiger partial charge in [0.15, 0.2) is 6.79 Å². The molecule has 2 aliphatic carbocycles. The minimum atomic E-state index is -0.270. The third kappa shape index (κ3) is 2.49. The van der Waals surface area contributed by atoms with Gasteiger partial charge in [-0.2, -0.15) is 0 Å². The van der Waals surface area contributed by atoms with Crippen LogP contribution in [0.15, 0.2) is 0 Å². The van der Waals surface area contributed by atoms with Gasteiger partial charge in [-0.3, -0.25) is 4.79 Å². The molecule has 2 aliphatic rings. The molecule has 2 rings (SSSR count). The van der Waals surface area contributed by atoms with Gasteiger partial charge in [0.2, 0.25) is 0 Å². The Hall–Kier alpha value is -0.570. The minimum absolute atomic E-state index is 0.101. The second-order valence-corrected chi connectivity index (χ2v) is 6.76. The molecule has 3 heteroatoms. The lowest BCUT2D eigenvalue weighted by molar-refractivity contribution is -0.188. The van der Waals surface area contributed by atoms with Crippen LogP contribution >= 0.6 is 0 Å². The highest BCUT2D eigenvalue weighted by Gasteiger charge is 2.54. The van der Waals surface area contributed by atoms with Crippen LogP contribution in [-0.2, 0) is 14.3 Å². The number of rotatable bonds is 3. The molecule has 3 nitrogen and oxygen atoms in total. The predicted molar refractivity (Wildman–Crippen MR) is 65.4 cm³/mol. The third-order valence-corrected chi connectivity index (χ3v) is 4.53. The van der Waals surface area contributed by atoms with Crippen molar-refractivity contribution in [1.29, 1.82) is 0 Å². The quantitative estimate of drug-likeness (QED) is 0.561. The van der Waals surface area contributed by atoms with Crippen molar-refractivity contribution in [3.8, 4) is 0 Å². The summed E-state index contributed by atoms with van der Waals surface area (Å²) in [6.07, 6.45) is 5.27. The first kappa shape index (κ1) is 12.9. The molecule has 0 aromatic rings. The number of carbonyl (C=O) groups excluding carboxylic acids is 1. The fourth-order valence-electron chi connectivity index (χ4n) is 4.22. The van der Waals surface area contributed by atoms with Gasteiger partial charge < -0.3 is 9.47 Å². The Morgan fingerprint density at radius 3 is 2.65 bits per heavy atom. The average molecular weight is 240 g/mol. The van der Waals surface area contributed by atoms with E-state index in [0.717, 1.165) is 5.92 Å². The number of ether oxygens (including phenoxy) is 2. The molecule has 0 spiro atoms. The van der Waals surface area contributed by atoms with Gasteiger partial charge in [0, 0.05) is 6.92 Å². The van der Waals surface area contributed by atoms with Crippen molar-refractivity contribution in [3.63, 3.8) is 0 Å². The molecular weight excluding hydrogens is 216 g/mol. The van der Waals surface area contributed by atoms with Crippen molar-refractivity contribution >= 4 is 5.97 Å². The van der Waals surface area contributed by atoms with Crippen LogP contribution in [0.3, 0.4) is 0 Å². The summed E-state index contributed by atoms with van der Waals surface area (Å²) in [5.41, 5.74) is 0.459. The zero-order valence-electron chi connectivity index (χ0n) is 11.4. The maximum Gasteiger partial charge on any atom is 0.304 e. The molecule has 3 atom stereocenters. The third-order valence-electron chi connectivity index (χ3n) is 4.53. The van der Waals surface area contributed by atoms with E-state index in [4.69, 9.17) is 9.47 Å². The van der Waals surface area contributed by atoms with Crippen LogP contribution in [-0.4, -0.2) is 18.9 Å². The Bertz CT molecular complexity index is 311. The summed E-state index contributed by atoms with van der Waals surface area (Å²) in [4.78, 5) is 10.8. The molecule has 0 amide bonds. The van der Waals surface area contributed by atoms with Gasteiger partial charge >= 0.3 is 5.97 Å². The number of fused-ring (bicyclic) bond motifs is 2. The number of carbonyl (C=O) groups is 1. The summed E-state index contributed by atoms with van der Waals surface area (Å²) >= 11 is 0. The maximum absolute atomic E-state index is 10.8. The van der Waals surface area contributed by atoms with E-state index in [1.165, 1.54) is 32.6 Å². The van der Waals surface area contributed by atoms with E-state index < -0.39 is 0 Å². The summed E-state index contributed by atoms with van der Waals surface area (Å²) < 4.78 is 10.8. The summed E-state index contributed by atoms with van der Waals surface area (Å²) in [7, 11) is 0. The van der Waals surface area contributed by atoms with Crippen LogP contribution in [0.4, 0.5) is 0 Å². The van der Waals surface area contributed by atoms with Gasteiger partial charge in [0.25, 0.3) is 0 Å². The van der Waals surface area contributed by atoms with Crippen molar-refractivity contribution in [3.05, 3.63) is 0 Å². The predicted octanol–water partition coefficient (Wildman–Crippen LogP) is 3.13. The van der Waals surface area contributed by atoms with E-state index in [1.807, 2.05) is 0 Å². The Labute approximate surface area is 104 Å². The topological polar surface area (TPSA) is 35.5 Å². The van der Waals surface area contributed by atoms with Gasteiger partial charge in [-0.1, -0.05) is 20.8 Å².